The number of aromatic nitrogens is 1. The summed E-state index contributed by atoms with van der Waals surface area (Å²) in [4.78, 5) is 3.89. The fourth-order valence-corrected chi connectivity index (χ4v) is 1.69. The number of nitrogens with two attached hydrogens (primary N) is 1. The van der Waals surface area contributed by atoms with Crippen molar-refractivity contribution in [1.82, 2.24) is 4.98 Å². The maximum Gasteiger partial charge on any atom is 0.418 e. The van der Waals surface area contributed by atoms with Crippen molar-refractivity contribution in [2.75, 3.05) is 11.1 Å². The second kappa shape index (κ2) is 4.97. The number of benzene rings is 1. The zero-order valence-electron chi connectivity index (χ0n) is 9.50. The van der Waals surface area contributed by atoms with Crippen molar-refractivity contribution in [3.63, 3.8) is 0 Å². The Balaban J connectivity index is 2.40. The number of nitrogens with one attached hydrogen (secondary N) is 1. The lowest BCUT2D eigenvalue weighted by Gasteiger charge is -2.14. The standard InChI is InChI=1S/C12H9ClF3N3/c13-7-1-2-10(9(5-7)12(14,15)16)19-11-6-8(17)3-4-18-11/h1-6H,(H3,17,18,19). The number of rotatable bonds is 2. The summed E-state index contributed by atoms with van der Waals surface area (Å²) in [6.45, 7) is 0. The molecule has 0 saturated heterocycles. The van der Waals surface area contributed by atoms with E-state index in [1.54, 1.807) is 0 Å². The van der Waals surface area contributed by atoms with Gasteiger partial charge >= 0.3 is 6.18 Å². The Morgan fingerprint density at radius 3 is 2.53 bits per heavy atom. The van der Waals surface area contributed by atoms with E-state index in [0.717, 1.165) is 6.07 Å². The van der Waals surface area contributed by atoms with Crippen molar-refractivity contribution in [2.24, 2.45) is 0 Å². The molecule has 3 N–H and O–H groups in total. The van der Waals surface area contributed by atoms with Crippen LogP contribution in [0.5, 0.6) is 0 Å². The normalized spacial score (nSPS) is 11.4. The number of hydrogen-bond acceptors (Lipinski definition) is 3. The van der Waals surface area contributed by atoms with Gasteiger partial charge in [0.15, 0.2) is 0 Å². The molecule has 0 aliphatic heterocycles. The lowest BCUT2D eigenvalue weighted by molar-refractivity contribution is -0.136. The van der Waals surface area contributed by atoms with Crippen LogP contribution in [-0.4, -0.2) is 4.98 Å². The number of anilines is 3. The van der Waals surface area contributed by atoms with Gasteiger partial charge in [-0.3, -0.25) is 0 Å². The first-order chi connectivity index (χ1) is 8.86. The maximum absolute atomic E-state index is 12.9. The highest BCUT2D eigenvalue weighted by Gasteiger charge is 2.33. The average molecular weight is 288 g/mol. The molecule has 0 bridgehead atoms. The summed E-state index contributed by atoms with van der Waals surface area (Å²) in [5, 5.41) is 2.59. The Morgan fingerprint density at radius 1 is 1.16 bits per heavy atom. The molecule has 0 atom stereocenters. The van der Waals surface area contributed by atoms with E-state index in [1.165, 1.54) is 30.5 Å². The van der Waals surface area contributed by atoms with Crippen LogP contribution in [0.2, 0.25) is 5.02 Å². The highest BCUT2D eigenvalue weighted by atomic mass is 35.5. The molecule has 0 amide bonds. The fraction of sp³-hybridized carbons (Fsp3) is 0.0833. The van der Waals surface area contributed by atoms with Gasteiger partial charge in [0.25, 0.3) is 0 Å². The van der Waals surface area contributed by atoms with Gasteiger partial charge in [0, 0.05) is 23.0 Å². The van der Waals surface area contributed by atoms with Gasteiger partial charge in [0.2, 0.25) is 0 Å². The van der Waals surface area contributed by atoms with Gasteiger partial charge in [-0.15, -0.1) is 0 Å². The molecule has 2 rings (SSSR count). The highest BCUT2D eigenvalue weighted by molar-refractivity contribution is 6.30. The van der Waals surface area contributed by atoms with Gasteiger partial charge < -0.3 is 11.1 Å². The van der Waals surface area contributed by atoms with Crippen LogP contribution in [0.4, 0.5) is 30.4 Å². The summed E-state index contributed by atoms with van der Waals surface area (Å²) in [7, 11) is 0. The van der Waals surface area contributed by atoms with E-state index in [4.69, 9.17) is 17.3 Å². The number of nitrogen functional groups attached to an aromatic ring is 1. The fourth-order valence-electron chi connectivity index (χ4n) is 1.51. The number of alkyl halides is 3. The van der Waals surface area contributed by atoms with Crippen molar-refractivity contribution >= 4 is 28.8 Å². The molecule has 0 aliphatic rings. The van der Waals surface area contributed by atoms with Crippen molar-refractivity contribution in [2.45, 2.75) is 6.18 Å². The largest absolute Gasteiger partial charge is 0.418 e. The van der Waals surface area contributed by atoms with Crippen molar-refractivity contribution in [3.05, 3.63) is 47.1 Å². The summed E-state index contributed by atoms with van der Waals surface area (Å²) in [5.74, 6) is 0.229. The monoisotopic (exact) mass is 287 g/mol. The number of nitrogens with zero attached hydrogens (tertiary/aromatic N) is 1. The first-order valence-corrected chi connectivity index (χ1v) is 5.59. The molecule has 0 spiro atoms. The number of hydrogen-bond donors (Lipinski definition) is 2. The molecule has 0 fully saturated rings. The van der Waals surface area contributed by atoms with E-state index >= 15 is 0 Å². The predicted octanol–water partition coefficient (Wildman–Crippen LogP) is 4.08. The minimum absolute atomic E-state index is 0.0124. The van der Waals surface area contributed by atoms with Crippen LogP contribution in [0, 0.1) is 0 Å². The average Bonchev–Trinajstić information content (AvgIpc) is 2.30. The molecule has 19 heavy (non-hydrogen) atoms. The van der Waals surface area contributed by atoms with Crippen molar-refractivity contribution < 1.29 is 13.2 Å². The molecule has 3 nitrogen and oxygen atoms in total. The third-order valence-electron chi connectivity index (χ3n) is 2.33. The van der Waals surface area contributed by atoms with E-state index in [2.05, 4.69) is 10.3 Å². The van der Waals surface area contributed by atoms with Crippen molar-refractivity contribution in [3.8, 4) is 0 Å². The molecular formula is C12H9ClF3N3. The second-order valence-electron chi connectivity index (χ2n) is 3.79. The van der Waals surface area contributed by atoms with E-state index in [1.807, 2.05) is 0 Å². The third-order valence-corrected chi connectivity index (χ3v) is 2.57. The summed E-state index contributed by atoms with van der Waals surface area (Å²) >= 11 is 5.59. The van der Waals surface area contributed by atoms with E-state index in [9.17, 15) is 13.2 Å². The Kier molecular flexibility index (Phi) is 3.53. The molecule has 100 valence electrons. The predicted molar refractivity (Wildman–Crippen MR) is 68.4 cm³/mol. The molecule has 0 unspecified atom stereocenters. The molecule has 0 radical (unpaired) electrons. The summed E-state index contributed by atoms with van der Waals surface area (Å²) in [6.07, 6.45) is -3.10. The van der Waals surface area contributed by atoms with E-state index in [0.29, 0.717) is 5.69 Å². The van der Waals surface area contributed by atoms with Crippen LogP contribution in [0.25, 0.3) is 0 Å². The summed E-state index contributed by atoms with van der Waals surface area (Å²) in [6, 6.07) is 6.45. The van der Waals surface area contributed by atoms with E-state index < -0.39 is 11.7 Å². The highest BCUT2D eigenvalue weighted by Crippen LogP contribution is 2.37. The lowest BCUT2D eigenvalue weighted by Crippen LogP contribution is -2.09. The molecule has 0 aliphatic carbocycles. The summed E-state index contributed by atoms with van der Waals surface area (Å²) in [5.41, 5.74) is 4.95. The van der Waals surface area contributed by atoms with Crippen LogP contribution in [-0.2, 0) is 6.18 Å². The molecule has 1 aromatic carbocycles. The van der Waals surface area contributed by atoms with Gasteiger partial charge in [-0.2, -0.15) is 13.2 Å². The first kappa shape index (κ1) is 13.5. The van der Waals surface area contributed by atoms with Gasteiger partial charge in [0.05, 0.1) is 11.3 Å². The maximum atomic E-state index is 12.9. The SMILES string of the molecule is Nc1ccnc(Nc2ccc(Cl)cc2C(F)(F)F)c1. The minimum Gasteiger partial charge on any atom is -0.399 e. The molecule has 1 aromatic heterocycles. The van der Waals surface area contributed by atoms with Gasteiger partial charge in [0.1, 0.15) is 5.82 Å². The summed E-state index contributed by atoms with van der Waals surface area (Å²) < 4.78 is 38.6. The topological polar surface area (TPSA) is 50.9 Å². The smallest absolute Gasteiger partial charge is 0.399 e. The Labute approximate surface area is 112 Å². The number of halogens is 4. The van der Waals surface area contributed by atoms with Crippen LogP contribution < -0.4 is 11.1 Å². The van der Waals surface area contributed by atoms with Crippen LogP contribution in [0.15, 0.2) is 36.5 Å². The van der Waals surface area contributed by atoms with Crippen molar-refractivity contribution in [1.29, 1.82) is 0 Å². The second-order valence-corrected chi connectivity index (χ2v) is 4.22. The zero-order chi connectivity index (χ0) is 14.0. The molecule has 0 saturated carbocycles. The molecule has 7 heteroatoms. The molecule has 2 aromatic rings. The molecule has 1 heterocycles. The van der Waals surface area contributed by atoms with Gasteiger partial charge in [-0.1, -0.05) is 11.6 Å². The quantitative estimate of drug-likeness (QED) is 0.875. The Hall–Kier alpha value is -1.95. The van der Waals surface area contributed by atoms with Gasteiger partial charge in [-0.05, 0) is 24.3 Å². The molecular weight excluding hydrogens is 279 g/mol. The first-order valence-electron chi connectivity index (χ1n) is 5.21. The van der Waals surface area contributed by atoms with Crippen LogP contribution in [0.3, 0.4) is 0 Å². The van der Waals surface area contributed by atoms with Crippen LogP contribution in [0.1, 0.15) is 5.56 Å². The minimum atomic E-state index is -4.51. The lowest BCUT2D eigenvalue weighted by atomic mass is 10.1. The van der Waals surface area contributed by atoms with Crippen LogP contribution >= 0.6 is 11.6 Å². The van der Waals surface area contributed by atoms with E-state index in [-0.39, 0.29) is 16.5 Å². The Bertz CT molecular complexity index is 599. The number of pyridine rings is 1. The van der Waals surface area contributed by atoms with Gasteiger partial charge in [-0.25, -0.2) is 4.98 Å². The Morgan fingerprint density at radius 2 is 1.89 bits per heavy atom. The zero-order valence-corrected chi connectivity index (χ0v) is 10.3. The third kappa shape index (κ3) is 3.29.